The van der Waals surface area contributed by atoms with E-state index in [4.69, 9.17) is 4.99 Å². The molecule has 1 N–H and O–H groups in total. The highest BCUT2D eigenvalue weighted by Crippen LogP contribution is 2.38. The maximum Gasteiger partial charge on any atom is 0.250 e. The van der Waals surface area contributed by atoms with Crippen LogP contribution in [0.3, 0.4) is 0 Å². The van der Waals surface area contributed by atoms with Crippen LogP contribution >= 0.6 is 0 Å². The molecule has 0 aliphatic carbocycles. The standard InChI is InChI=1S/C22H19F2N3O3S/c1-12-16-9-21(28)27(2)11-19(16)17-7-14(10-25-31(29)30)20(24)8-18(17)22(26-12)13-3-5-15(23)6-4-13/h3-9,11-12,25H,10H2,1-2H3,(H,29,30)/p-1/t12-/m0/s1. The van der Waals surface area contributed by atoms with Crippen molar-refractivity contribution in [2.75, 3.05) is 0 Å². The molecule has 2 aromatic carbocycles. The number of aryl methyl sites for hydroxylation is 1. The Balaban J connectivity index is 2.01. The number of fused-ring (bicyclic) bond motifs is 3. The van der Waals surface area contributed by atoms with Crippen molar-refractivity contribution in [2.24, 2.45) is 12.0 Å². The Kier molecular flexibility index (Phi) is 5.65. The molecule has 9 heteroatoms. The maximum absolute atomic E-state index is 14.9. The van der Waals surface area contributed by atoms with Gasteiger partial charge in [-0.2, -0.15) is 0 Å². The number of benzene rings is 2. The van der Waals surface area contributed by atoms with Crippen molar-refractivity contribution < 1.29 is 17.5 Å². The van der Waals surface area contributed by atoms with Crippen LogP contribution in [0, 0.1) is 11.6 Å². The molecule has 3 aromatic rings. The predicted molar refractivity (Wildman–Crippen MR) is 113 cm³/mol. The summed E-state index contributed by atoms with van der Waals surface area (Å²) in [4.78, 5) is 17.0. The number of hydrogen-bond donors (Lipinski definition) is 1. The zero-order valence-corrected chi connectivity index (χ0v) is 17.5. The molecule has 160 valence electrons. The molecule has 0 radical (unpaired) electrons. The van der Waals surface area contributed by atoms with Gasteiger partial charge in [0.15, 0.2) is 0 Å². The second-order valence-electron chi connectivity index (χ2n) is 7.30. The van der Waals surface area contributed by atoms with E-state index >= 15 is 0 Å². The molecule has 1 aromatic heterocycles. The van der Waals surface area contributed by atoms with Crippen molar-refractivity contribution in [1.29, 1.82) is 0 Å². The average molecular weight is 442 g/mol. The largest absolute Gasteiger partial charge is 0.760 e. The fourth-order valence-corrected chi connectivity index (χ4v) is 3.97. The smallest absolute Gasteiger partial charge is 0.250 e. The van der Waals surface area contributed by atoms with Crippen LogP contribution in [0.2, 0.25) is 0 Å². The van der Waals surface area contributed by atoms with Gasteiger partial charge in [0.1, 0.15) is 11.6 Å². The van der Waals surface area contributed by atoms with Gasteiger partial charge in [-0.25, -0.2) is 13.5 Å². The van der Waals surface area contributed by atoms with Crippen LogP contribution in [0.5, 0.6) is 0 Å². The molecule has 1 unspecified atom stereocenters. The van der Waals surface area contributed by atoms with E-state index in [9.17, 15) is 22.3 Å². The number of aliphatic imine (C=N–C) groups is 1. The Labute approximate surface area is 179 Å². The summed E-state index contributed by atoms with van der Waals surface area (Å²) in [5, 5.41) is 0. The summed E-state index contributed by atoms with van der Waals surface area (Å²) in [6.07, 6.45) is 1.66. The lowest BCUT2D eigenvalue weighted by Gasteiger charge is -2.16. The number of halogens is 2. The van der Waals surface area contributed by atoms with E-state index in [0.29, 0.717) is 33.5 Å². The van der Waals surface area contributed by atoms with E-state index in [1.807, 2.05) is 6.92 Å². The minimum Gasteiger partial charge on any atom is -0.760 e. The van der Waals surface area contributed by atoms with E-state index in [1.165, 1.54) is 28.8 Å². The molecule has 0 bridgehead atoms. The molecule has 31 heavy (non-hydrogen) atoms. The summed E-state index contributed by atoms with van der Waals surface area (Å²) in [5.41, 5.74) is 3.43. The highest BCUT2D eigenvalue weighted by Gasteiger charge is 2.25. The Morgan fingerprint density at radius 3 is 2.52 bits per heavy atom. The Bertz CT molecular complexity index is 1290. The molecular weight excluding hydrogens is 424 g/mol. The number of rotatable bonds is 4. The van der Waals surface area contributed by atoms with Crippen molar-refractivity contribution in [3.05, 3.63) is 92.9 Å². The summed E-state index contributed by atoms with van der Waals surface area (Å²) in [7, 11) is 1.62. The monoisotopic (exact) mass is 442 g/mol. The topological polar surface area (TPSA) is 86.5 Å². The maximum atomic E-state index is 14.9. The van der Waals surface area contributed by atoms with Crippen LogP contribution < -0.4 is 10.3 Å². The van der Waals surface area contributed by atoms with Crippen LogP contribution in [0.25, 0.3) is 11.1 Å². The molecule has 2 atom stereocenters. The average Bonchev–Trinajstić information content (AvgIpc) is 2.83. The van der Waals surface area contributed by atoms with E-state index in [2.05, 4.69) is 4.72 Å². The third kappa shape index (κ3) is 4.12. The van der Waals surface area contributed by atoms with Gasteiger partial charge in [0, 0.05) is 59.4 Å². The second-order valence-corrected chi connectivity index (χ2v) is 8.06. The highest BCUT2D eigenvalue weighted by molar-refractivity contribution is 7.77. The van der Waals surface area contributed by atoms with E-state index in [-0.39, 0.29) is 17.7 Å². The molecule has 1 aliphatic rings. The van der Waals surface area contributed by atoms with E-state index in [1.54, 1.807) is 31.4 Å². The molecule has 0 spiro atoms. The van der Waals surface area contributed by atoms with E-state index < -0.39 is 28.9 Å². The van der Waals surface area contributed by atoms with Crippen LogP contribution in [-0.2, 0) is 24.9 Å². The van der Waals surface area contributed by atoms with Gasteiger partial charge in [-0.3, -0.25) is 14.0 Å². The van der Waals surface area contributed by atoms with Gasteiger partial charge >= 0.3 is 0 Å². The quantitative estimate of drug-likeness (QED) is 0.630. The predicted octanol–water partition coefficient (Wildman–Crippen LogP) is 3.13. The molecular formula is C22H18F2N3O3S-. The minimum absolute atomic E-state index is 0.149. The first-order chi connectivity index (χ1) is 14.7. The molecule has 4 rings (SSSR count). The number of aromatic nitrogens is 1. The van der Waals surface area contributed by atoms with Crippen LogP contribution in [0.15, 0.2) is 58.4 Å². The van der Waals surface area contributed by atoms with Crippen LogP contribution in [-0.4, -0.2) is 19.0 Å². The number of hydrogen-bond acceptors (Lipinski definition) is 4. The van der Waals surface area contributed by atoms with Crippen LogP contribution in [0.1, 0.15) is 35.2 Å². The summed E-state index contributed by atoms with van der Waals surface area (Å²) < 4.78 is 53.8. The van der Waals surface area contributed by atoms with Gasteiger partial charge in [0.2, 0.25) is 0 Å². The zero-order chi connectivity index (χ0) is 22.3. The third-order valence-corrected chi connectivity index (χ3v) is 5.64. The van der Waals surface area contributed by atoms with Crippen molar-refractivity contribution in [2.45, 2.75) is 19.5 Å². The van der Waals surface area contributed by atoms with E-state index in [0.717, 1.165) is 0 Å². The van der Waals surface area contributed by atoms with Crippen molar-refractivity contribution in [3.63, 3.8) is 0 Å². The van der Waals surface area contributed by atoms with Gasteiger partial charge in [0.25, 0.3) is 5.56 Å². The normalized spacial score (nSPS) is 16.2. The zero-order valence-electron chi connectivity index (χ0n) is 16.7. The molecule has 0 fully saturated rings. The summed E-state index contributed by atoms with van der Waals surface area (Å²) in [6, 6.07) is 9.66. The van der Waals surface area contributed by atoms with Gasteiger partial charge in [-0.15, -0.1) is 0 Å². The fraction of sp³-hybridized carbons (Fsp3) is 0.182. The molecule has 0 amide bonds. The summed E-state index contributed by atoms with van der Waals surface area (Å²) >= 11 is -2.55. The van der Waals surface area contributed by atoms with Gasteiger partial charge in [-0.1, -0.05) is 0 Å². The third-order valence-electron chi connectivity index (χ3n) is 5.26. The summed E-state index contributed by atoms with van der Waals surface area (Å²) in [6.45, 7) is 1.60. The van der Waals surface area contributed by atoms with Crippen molar-refractivity contribution >= 4 is 17.0 Å². The number of nitrogens with zero attached hydrogens (tertiary/aromatic N) is 2. The molecule has 6 nitrogen and oxygen atoms in total. The van der Waals surface area contributed by atoms with Gasteiger partial charge in [0.05, 0.1) is 11.8 Å². The lowest BCUT2D eigenvalue weighted by Crippen LogP contribution is -2.18. The number of pyridine rings is 1. The van der Waals surface area contributed by atoms with Crippen molar-refractivity contribution in [1.82, 2.24) is 9.29 Å². The molecule has 0 saturated heterocycles. The summed E-state index contributed by atoms with van der Waals surface area (Å²) in [5.74, 6) is -1.01. The Hall–Kier alpha value is -3.01. The fourth-order valence-electron chi connectivity index (χ4n) is 3.69. The van der Waals surface area contributed by atoms with Crippen molar-refractivity contribution in [3.8, 4) is 11.1 Å². The van der Waals surface area contributed by atoms with Crippen LogP contribution in [0.4, 0.5) is 8.78 Å². The molecule has 2 heterocycles. The lowest BCUT2D eigenvalue weighted by molar-refractivity contribution is 0.520. The molecule has 1 aliphatic heterocycles. The minimum atomic E-state index is -2.55. The van der Waals surface area contributed by atoms with Gasteiger partial charge in [-0.05, 0) is 54.4 Å². The first-order valence-electron chi connectivity index (χ1n) is 9.45. The highest BCUT2D eigenvalue weighted by atomic mass is 32.2. The van der Waals surface area contributed by atoms with Gasteiger partial charge < -0.3 is 9.12 Å². The Morgan fingerprint density at radius 1 is 1.13 bits per heavy atom. The first-order valence-corrected chi connectivity index (χ1v) is 10.5. The second kappa shape index (κ2) is 8.26. The first kappa shape index (κ1) is 21.2. The number of nitrogens with one attached hydrogen (secondary N) is 1. The molecule has 0 saturated carbocycles. The lowest BCUT2D eigenvalue weighted by atomic mass is 9.90. The Morgan fingerprint density at radius 2 is 1.84 bits per heavy atom. The SMILES string of the molecule is C[C@@H]1N=C(c2ccc(F)cc2)c2cc(F)c(CNS(=O)[O-])cc2-c2cn(C)c(=O)cc21.